The van der Waals surface area contributed by atoms with Crippen LogP contribution in [0, 0.1) is 0 Å². The van der Waals surface area contributed by atoms with E-state index < -0.39 is 0 Å². The van der Waals surface area contributed by atoms with E-state index in [1.54, 1.807) is 0 Å². The van der Waals surface area contributed by atoms with E-state index in [0.717, 1.165) is 19.0 Å². The zero-order chi connectivity index (χ0) is 11.5. The topological polar surface area (TPSA) is 29.9 Å². The Hall–Kier alpha value is -0.480. The van der Waals surface area contributed by atoms with Gasteiger partial charge < -0.3 is 9.88 Å². The number of piperidine rings is 1. The van der Waals surface area contributed by atoms with Crippen LogP contribution in [0.3, 0.4) is 0 Å². The lowest BCUT2D eigenvalue weighted by molar-refractivity contribution is 0.413. The van der Waals surface area contributed by atoms with Crippen LogP contribution in [0.25, 0.3) is 0 Å². The second kappa shape index (κ2) is 5.44. The Bertz CT molecular complexity index is 319. The summed E-state index contributed by atoms with van der Waals surface area (Å²) >= 11 is 2.10. The zero-order valence-electron chi connectivity index (χ0n) is 10.3. The molecule has 94 valence electrons. The van der Waals surface area contributed by atoms with Gasteiger partial charge in [0.05, 0.1) is 6.33 Å². The van der Waals surface area contributed by atoms with Crippen LogP contribution in [-0.2, 0) is 0 Å². The van der Waals surface area contributed by atoms with Crippen LogP contribution in [0.5, 0.6) is 0 Å². The molecule has 3 heterocycles. The van der Waals surface area contributed by atoms with Crippen molar-refractivity contribution in [2.24, 2.45) is 0 Å². The fourth-order valence-electron chi connectivity index (χ4n) is 3.00. The van der Waals surface area contributed by atoms with E-state index in [9.17, 15) is 0 Å². The van der Waals surface area contributed by atoms with Crippen molar-refractivity contribution >= 4 is 11.8 Å². The van der Waals surface area contributed by atoms with Crippen molar-refractivity contribution in [3.05, 3.63) is 18.2 Å². The van der Waals surface area contributed by atoms with Gasteiger partial charge in [0.15, 0.2) is 0 Å². The maximum absolute atomic E-state index is 4.41. The van der Waals surface area contributed by atoms with Gasteiger partial charge in [0.25, 0.3) is 0 Å². The van der Waals surface area contributed by atoms with Crippen LogP contribution in [0.15, 0.2) is 12.5 Å². The molecule has 1 unspecified atom stereocenters. The van der Waals surface area contributed by atoms with Crippen molar-refractivity contribution in [1.29, 1.82) is 0 Å². The molecule has 0 spiro atoms. The summed E-state index contributed by atoms with van der Waals surface area (Å²) in [5.41, 5.74) is 1.49. The highest BCUT2D eigenvalue weighted by Crippen LogP contribution is 2.32. The SMILES string of the molecule is c1ncn(C2CCCSC2)c1C1CCNCC1. The van der Waals surface area contributed by atoms with Crippen LogP contribution >= 0.6 is 11.8 Å². The average molecular weight is 251 g/mol. The Labute approximate surface area is 107 Å². The number of nitrogens with zero attached hydrogens (tertiary/aromatic N) is 2. The van der Waals surface area contributed by atoms with Gasteiger partial charge in [-0.25, -0.2) is 4.98 Å². The molecule has 0 bridgehead atoms. The fraction of sp³-hybridized carbons (Fsp3) is 0.769. The molecule has 1 N–H and O–H groups in total. The van der Waals surface area contributed by atoms with Crippen molar-refractivity contribution in [2.45, 2.75) is 37.6 Å². The number of imidazole rings is 1. The van der Waals surface area contributed by atoms with E-state index in [0.29, 0.717) is 6.04 Å². The third-order valence-corrected chi connectivity index (χ3v) is 5.18. The van der Waals surface area contributed by atoms with Crippen molar-refractivity contribution in [1.82, 2.24) is 14.9 Å². The lowest BCUT2D eigenvalue weighted by Gasteiger charge is -2.29. The number of thioether (sulfide) groups is 1. The maximum Gasteiger partial charge on any atom is 0.0951 e. The highest BCUT2D eigenvalue weighted by Gasteiger charge is 2.23. The van der Waals surface area contributed by atoms with Gasteiger partial charge in [-0.1, -0.05) is 0 Å². The molecule has 4 heteroatoms. The Morgan fingerprint density at radius 2 is 2.18 bits per heavy atom. The van der Waals surface area contributed by atoms with Gasteiger partial charge >= 0.3 is 0 Å². The number of aromatic nitrogens is 2. The van der Waals surface area contributed by atoms with E-state index in [2.05, 4.69) is 39.2 Å². The standard InChI is InChI=1S/C13H21N3S/c1-2-12(9-17-7-1)16-10-15-8-13(16)11-3-5-14-6-4-11/h8,10-12,14H,1-7,9H2. The molecule has 0 amide bonds. The van der Waals surface area contributed by atoms with E-state index in [4.69, 9.17) is 0 Å². The van der Waals surface area contributed by atoms with Gasteiger partial charge in [-0.2, -0.15) is 11.8 Å². The van der Waals surface area contributed by atoms with E-state index >= 15 is 0 Å². The summed E-state index contributed by atoms with van der Waals surface area (Å²) < 4.78 is 2.47. The first kappa shape index (κ1) is 11.6. The molecule has 0 saturated carbocycles. The van der Waals surface area contributed by atoms with Gasteiger partial charge in [-0.15, -0.1) is 0 Å². The van der Waals surface area contributed by atoms with Crippen LogP contribution < -0.4 is 5.32 Å². The molecule has 1 aromatic heterocycles. The summed E-state index contributed by atoms with van der Waals surface area (Å²) in [5.74, 6) is 3.34. The minimum atomic E-state index is 0.695. The summed E-state index contributed by atoms with van der Waals surface area (Å²) in [6.07, 6.45) is 9.40. The van der Waals surface area contributed by atoms with Crippen molar-refractivity contribution in [2.75, 3.05) is 24.6 Å². The second-order valence-electron chi connectivity index (χ2n) is 5.12. The van der Waals surface area contributed by atoms with E-state index in [-0.39, 0.29) is 0 Å². The van der Waals surface area contributed by atoms with Crippen molar-refractivity contribution in [3.63, 3.8) is 0 Å². The first-order valence-corrected chi connectivity index (χ1v) is 7.91. The maximum atomic E-state index is 4.41. The molecular formula is C13H21N3S. The molecule has 2 fully saturated rings. The normalized spacial score (nSPS) is 27.2. The predicted molar refractivity (Wildman–Crippen MR) is 72.7 cm³/mol. The Morgan fingerprint density at radius 3 is 2.94 bits per heavy atom. The summed E-state index contributed by atoms with van der Waals surface area (Å²) in [6, 6.07) is 0.695. The summed E-state index contributed by atoms with van der Waals surface area (Å²) in [5, 5.41) is 3.44. The lowest BCUT2D eigenvalue weighted by atomic mass is 9.94. The lowest BCUT2D eigenvalue weighted by Crippen LogP contribution is -2.28. The van der Waals surface area contributed by atoms with Crippen LogP contribution in [-0.4, -0.2) is 34.1 Å². The first-order chi connectivity index (χ1) is 8.45. The number of hydrogen-bond donors (Lipinski definition) is 1. The molecule has 2 saturated heterocycles. The largest absolute Gasteiger partial charge is 0.330 e. The molecule has 1 aromatic rings. The molecular weight excluding hydrogens is 230 g/mol. The Kier molecular flexibility index (Phi) is 3.71. The highest BCUT2D eigenvalue weighted by atomic mass is 32.2. The van der Waals surface area contributed by atoms with Gasteiger partial charge in [-0.05, 0) is 44.5 Å². The Morgan fingerprint density at radius 1 is 1.29 bits per heavy atom. The molecule has 3 nitrogen and oxygen atoms in total. The molecule has 0 aliphatic carbocycles. The molecule has 0 aromatic carbocycles. The monoisotopic (exact) mass is 251 g/mol. The van der Waals surface area contributed by atoms with Gasteiger partial charge in [0.2, 0.25) is 0 Å². The van der Waals surface area contributed by atoms with Gasteiger partial charge in [0.1, 0.15) is 0 Å². The number of nitrogens with one attached hydrogen (secondary N) is 1. The minimum Gasteiger partial charge on any atom is -0.330 e. The van der Waals surface area contributed by atoms with Gasteiger partial charge in [0, 0.05) is 29.6 Å². The predicted octanol–water partition coefficient (Wildman–Crippen LogP) is 2.42. The van der Waals surface area contributed by atoms with E-state index in [1.165, 1.54) is 42.9 Å². The second-order valence-corrected chi connectivity index (χ2v) is 6.27. The third kappa shape index (κ3) is 2.52. The Balaban J connectivity index is 1.77. The van der Waals surface area contributed by atoms with Crippen molar-refractivity contribution < 1.29 is 0 Å². The molecule has 2 aliphatic rings. The van der Waals surface area contributed by atoms with Gasteiger partial charge in [-0.3, -0.25) is 0 Å². The molecule has 3 rings (SSSR count). The minimum absolute atomic E-state index is 0.695. The van der Waals surface area contributed by atoms with Crippen LogP contribution in [0.2, 0.25) is 0 Å². The molecule has 2 aliphatic heterocycles. The van der Waals surface area contributed by atoms with Crippen LogP contribution in [0.1, 0.15) is 43.3 Å². The summed E-state index contributed by atoms with van der Waals surface area (Å²) in [7, 11) is 0. The summed E-state index contributed by atoms with van der Waals surface area (Å²) in [6.45, 7) is 2.32. The summed E-state index contributed by atoms with van der Waals surface area (Å²) in [4.78, 5) is 4.41. The molecule has 17 heavy (non-hydrogen) atoms. The molecule has 0 radical (unpaired) electrons. The quantitative estimate of drug-likeness (QED) is 0.875. The first-order valence-electron chi connectivity index (χ1n) is 6.75. The van der Waals surface area contributed by atoms with Crippen molar-refractivity contribution in [3.8, 4) is 0 Å². The average Bonchev–Trinajstić information content (AvgIpc) is 2.90. The number of rotatable bonds is 2. The van der Waals surface area contributed by atoms with E-state index in [1.807, 2.05) is 0 Å². The molecule has 1 atom stereocenters. The highest BCUT2D eigenvalue weighted by molar-refractivity contribution is 7.99. The smallest absolute Gasteiger partial charge is 0.0951 e. The van der Waals surface area contributed by atoms with Crippen LogP contribution in [0.4, 0.5) is 0 Å². The zero-order valence-corrected chi connectivity index (χ0v) is 11.1. The fourth-order valence-corrected chi connectivity index (χ4v) is 4.13. The number of hydrogen-bond acceptors (Lipinski definition) is 3. The third-order valence-electron chi connectivity index (χ3n) is 3.98.